The van der Waals surface area contributed by atoms with Gasteiger partial charge >= 0.3 is 6.03 Å². The lowest BCUT2D eigenvalue weighted by atomic mass is 9.98. The number of tetrazole rings is 1. The number of halogens is 1. The third kappa shape index (κ3) is 4.44. The number of anilines is 1. The van der Waals surface area contributed by atoms with E-state index in [1.165, 1.54) is 24.3 Å². The van der Waals surface area contributed by atoms with E-state index < -0.39 is 0 Å². The van der Waals surface area contributed by atoms with Gasteiger partial charge in [-0.25, -0.2) is 9.18 Å². The molecule has 0 aliphatic rings. The SMILES string of the molecule is O=C(NCc1ccc(-c2ccccc2-c2nn[nH]n2)cc1)Nc1ccc(F)cc1. The Bertz CT molecular complexity index is 1090. The van der Waals surface area contributed by atoms with Gasteiger partial charge in [0, 0.05) is 17.8 Å². The first-order valence-corrected chi connectivity index (χ1v) is 8.91. The number of aromatic nitrogens is 4. The highest BCUT2D eigenvalue weighted by atomic mass is 19.1. The van der Waals surface area contributed by atoms with E-state index in [0.29, 0.717) is 18.1 Å². The number of aromatic amines is 1. The molecule has 0 fully saturated rings. The van der Waals surface area contributed by atoms with Crippen LogP contribution in [0.2, 0.25) is 0 Å². The van der Waals surface area contributed by atoms with E-state index in [1.807, 2.05) is 48.5 Å². The normalized spacial score (nSPS) is 10.5. The highest BCUT2D eigenvalue weighted by molar-refractivity contribution is 5.89. The molecule has 0 unspecified atom stereocenters. The second kappa shape index (κ2) is 8.30. The maximum Gasteiger partial charge on any atom is 0.319 e. The number of benzene rings is 3. The highest BCUT2D eigenvalue weighted by Crippen LogP contribution is 2.29. The lowest BCUT2D eigenvalue weighted by molar-refractivity contribution is 0.251. The van der Waals surface area contributed by atoms with Crippen LogP contribution in [0.3, 0.4) is 0 Å². The number of nitrogens with one attached hydrogen (secondary N) is 3. The van der Waals surface area contributed by atoms with Gasteiger partial charge in [0.2, 0.25) is 5.82 Å². The summed E-state index contributed by atoms with van der Waals surface area (Å²) in [6.07, 6.45) is 0. The van der Waals surface area contributed by atoms with Gasteiger partial charge in [0.15, 0.2) is 0 Å². The van der Waals surface area contributed by atoms with Crippen LogP contribution in [0.4, 0.5) is 14.9 Å². The van der Waals surface area contributed by atoms with Gasteiger partial charge in [-0.2, -0.15) is 5.21 Å². The summed E-state index contributed by atoms with van der Waals surface area (Å²) < 4.78 is 12.9. The van der Waals surface area contributed by atoms with Crippen LogP contribution in [-0.4, -0.2) is 26.7 Å². The zero-order valence-electron chi connectivity index (χ0n) is 15.3. The smallest absolute Gasteiger partial charge is 0.319 e. The molecule has 0 aliphatic heterocycles. The van der Waals surface area contributed by atoms with Gasteiger partial charge in [0.05, 0.1) is 0 Å². The fraction of sp³-hybridized carbons (Fsp3) is 0.0476. The van der Waals surface area contributed by atoms with Crippen molar-refractivity contribution in [3.05, 3.63) is 84.2 Å². The Balaban J connectivity index is 1.41. The van der Waals surface area contributed by atoms with E-state index in [-0.39, 0.29) is 11.8 Å². The van der Waals surface area contributed by atoms with Crippen LogP contribution in [0, 0.1) is 5.82 Å². The molecule has 144 valence electrons. The zero-order valence-corrected chi connectivity index (χ0v) is 15.3. The third-order valence-corrected chi connectivity index (χ3v) is 4.33. The van der Waals surface area contributed by atoms with Crippen LogP contribution in [0.5, 0.6) is 0 Å². The lowest BCUT2D eigenvalue weighted by Gasteiger charge is -2.10. The number of carbonyl (C=O) groups excluding carboxylic acids is 1. The summed E-state index contributed by atoms with van der Waals surface area (Å²) in [4.78, 5) is 12.0. The highest BCUT2D eigenvalue weighted by Gasteiger charge is 2.10. The van der Waals surface area contributed by atoms with E-state index in [9.17, 15) is 9.18 Å². The van der Waals surface area contributed by atoms with E-state index in [1.54, 1.807) is 0 Å². The maximum absolute atomic E-state index is 12.9. The van der Waals surface area contributed by atoms with Gasteiger partial charge in [-0.3, -0.25) is 0 Å². The third-order valence-electron chi connectivity index (χ3n) is 4.33. The number of H-pyrrole nitrogens is 1. The summed E-state index contributed by atoms with van der Waals surface area (Å²) >= 11 is 0. The molecule has 0 radical (unpaired) electrons. The summed E-state index contributed by atoms with van der Waals surface area (Å²) in [6.45, 7) is 0.361. The summed E-state index contributed by atoms with van der Waals surface area (Å²) in [5.41, 5.74) is 4.34. The molecule has 29 heavy (non-hydrogen) atoms. The van der Waals surface area contributed by atoms with Gasteiger partial charge in [-0.15, -0.1) is 10.2 Å². The molecular formula is C21H17FN6O. The van der Waals surface area contributed by atoms with Crippen molar-refractivity contribution in [2.45, 2.75) is 6.54 Å². The van der Waals surface area contributed by atoms with Gasteiger partial charge in [-0.05, 0) is 46.2 Å². The second-order valence-electron chi connectivity index (χ2n) is 6.29. The fourth-order valence-electron chi connectivity index (χ4n) is 2.90. The minimum atomic E-state index is -0.358. The Kier molecular flexibility index (Phi) is 5.24. The first-order valence-electron chi connectivity index (χ1n) is 8.91. The number of hydrogen-bond acceptors (Lipinski definition) is 4. The Morgan fingerprint density at radius 3 is 2.34 bits per heavy atom. The number of carbonyl (C=O) groups is 1. The average molecular weight is 388 g/mol. The Morgan fingerprint density at radius 2 is 1.66 bits per heavy atom. The summed E-state index contributed by atoms with van der Waals surface area (Å²) in [6, 6.07) is 20.9. The van der Waals surface area contributed by atoms with Crippen molar-refractivity contribution in [1.29, 1.82) is 0 Å². The molecule has 0 bridgehead atoms. The number of hydrogen-bond donors (Lipinski definition) is 3. The molecule has 0 atom stereocenters. The Labute approximate surface area is 166 Å². The van der Waals surface area contributed by atoms with Gasteiger partial charge in [-0.1, -0.05) is 48.5 Å². The molecule has 0 saturated heterocycles. The Morgan fingerprint density at radius 1 is 0.931 bits per heavy atom. The summed E-state index contributed by atoms with van der Waals surface area (Å²) in [7, 11) is 0. The maximum atomic E-state index is 12.9. The molecule has 0 saturated carbocycles. The van der Waals surface area contributed by atoms with E-state index in [2.05, 4.69) is 31.3 Å². The van der Waals surface area contributed by atoms with Crippen LogP contribution in [0.25, 0.3) is 22.5 Å². The quantitative estimate of drug-likeness (QED) is 0.482. The molecule has 3 N–H and O–H groups in total. The minimum Gasteiger partial charge on any atom is -0.334 e. The van der Waals surface area contributed by atoms with E-state index in [0.717, 1.165) is 22.3 Å². The number of urea groups is 1. The van der Waals surface area contributed by atoms with Crippen LogP contribution in [0.15, 0.2) is 72.8 Å². The largest absolute Gasteiger partial charge is 0.334 e. The number of nitrogens with zero attached hydrogens (tertiary/aromatic N) is 3. The van der Waals surface area contributed by atoms with Gasteiger partial charge in [0.1, 0.15) is 5.82 Å². The second-order valence-corrected chi connectivity index (χ2v) is 6.29. The van der Waals surface area contributed by atoms with Crippen molar-refractivity contribution in [1.82, 2.24) is 25.9 Å². The minimum absolute atomic E-state index is 0.350. The molecule has 1 heterocycles. The van der Waals surface area contributed by atoms with Crippen LogP contribution in [0.1, 0.15) is 5.56 Å². The molecule has 4 aromatic rings. The first kappa shape index (κ1) is 18.3. The zero-order chi connectivity index (χ0) is 20.1. The molecule has 0 spiro atoms. The van der Waals surface area contributed by atoms with Crippen molar-refractivity contribution in [3.8, 4) is 22.5 Å². The van der Waals surface area contributed by atoms with E-state index in [4.69, 9.17) is 0 Å². The molecular weight excluding hydrogens is 371 g/mol. The molecule has 7 nitrogen and oxygen atoms in total. The van der Waals surface area contributed by atoms with Crippen molar-refractivity contribution in [3.63, 3.8) is 0 Å². The van der Waals surface area contributed by atoms with Crippen molar-refractivity contribution >= 4 is 11.7 Å². The standard InChI is InChI=1S/C21H17FN6O/c22-16-9-11-17(12-10-16)24-21(29)23-13-14-5-7-15(8-6-14)18-3-1-2-4-19(18)20-25-27-28-26-20/h1-12H,13H2,(H2,23,24,29)(H,25,26,27,28). The monoisotopic (exact) mass is 388 g/mol. The molecule has 8 heteroatoms. The van der Waals surface area contributed by atoms with Crippen molar-refractivity contribution in [2.24, 2.45) is 0 Å². The van der Waals surface area contributed by atoms with Crippen LogP contribution in [-0.2, 0) is 6.54 Å². The summed E-state index contributed by atoms with van der Waals surface area (Å²) in [5.74, 6) is 0.181. The average Bonchev–Trinajstić information content (AvgIpc) is 3.29. The first-order chi connectivity index (χ1) is 14.2. The summed E-state index contributed by atoms with van der Waals surface area (Å²) in [5, 5.41) is 19.6. The molecule has 1 aromatic heterocycles. The predicted octanol–water partition coefficient (Wildman–Crippen LogP) is 3.99. The molecule has 3 aromatic carbocycles. The fourth-order valence-corrected chi connectivity index (χ4v) is 2.90. The van der Waals surface area contributed by atoms with Crippen LogP contribution < -0.4 is 10.6 Å². The predicted molar refractivity (Wildman–Crippen MR) is 107 cm³/mol. The van der Waals surface area contributed by atoms with Crippen molar-refractivity contribution in [2.75, 3.05) is 5.32 Å². The lowest BCUT2D eigenvalue weighted by Crippen LogP contribution is -2.28. The van der Waals surface area contributed by atoms with Gasteiger partial charge < -0.3 is 10.6 Å². The van der Waals surface area contributed by atoms with Gasteiger partial charge in [0.25, 0.3) is 0 Å². The number of rotatable bonds is 5. The Hall–Kier alpha value is -4.07. The van der Waals surface area contributed by atoms with E-state index >= 15 is 0 Å². The van der Waals surface area contributed by atoms with Crippen molar-refractivity contribution < 1.29 is 9.18 Å². The molecule has 2 amide bonds. The molecule has 4 rings (SSSR count). The number of amides is 2. The van der Waals surface area contributed by atoms with Crippen LogP contribution >= 0.6 is 0 Å². The molecule has 0 aliphatic carbocycles. The topological polar surface area (TPSA) is 95.6 Å².